The molecule has 0 aliphatic rings. The van der Waals surface area contributed by atoms with Gasteiger partial charge in [-0.05, 0) is 49.2 Å². The Morgan fingerprint density at radius 1 is 1.14 bits per heavy atom. The first-order valence-electron chi connectivity index (χ1n) is 9.28. The van der Waals surface area contributed by atoms with Crippen LogP contribution in [0.1, 0.15) is 12.5 Å². The fourth-order valence-corrected chi connectivity index (χ4v) is 2.90. The van der Waals surface area contributed by atoms with Crippen molar-refractivity contribution in [2.24, 2.45) is 4.99 Å². The molecule has 1 amide bonds. The van der Waals surface area contributed by atoms with Crippen LogP contribution in [0, 0.1) is 5.82 Å². The zero-order valence-electron chi connectivity index (χ0n) is 15.8. The van der Waals surface area contributed by atoms with Gasteiger partial charge in [0.25, 0.3) is 0 Å². The summed E-state index contributed by atoms with van der Waals surface area (Å²) in [4.78, 5) is 19.5. The number of aromatic amines is 1. The normalized spacial score (nSPS) is 11.4. The second-order valence-electron chi connectivity index (χ2n) is 6.29. The number of benzene rings is 2. The average Bonchev–Trinajstić information content (AvgIpc) is 3.09. The summed E-state index contributed by atoms with van der Waals surface area (Å²) in [5.74, 6) is 0.146. The Hall–Kier alpha value is -3.35. The van der Waals surface area contributed by atoms with E-state index in [0.717, 1.165) is 28.6 Å². The lowest BCUT2D eigenvalue weighted by molar-refractivity contribution is -0.114. The maximum Gasteiger partial charge on any atom is 0.246 e. The van der Waals surface area contributed by atoms with Crippen LogP contribution in [0.25, 0.3) is 10.9 Å². The maximum atomic E-state index is 13.3. The lowest BCUT2D eigenvalue weighted by atomic mass is 10.1. The molecule has 0 aliphatic heterocycles. The zero-order chi connectivity index (χ0) is 19.8. The Kier molecular flexibility index (Phi) is 6.62. The van der Waals surface area contributed by atoms with E-state index in [9.17, 15) is 9.18 Å². The van der Waals surface area contributed by atoms with Crippen molar-refractivity contribution < 1.29 is 9.18 Å². The van der Waals surface area contributed by atoms with Crippen LogP contribution in [0.3, 0.4) is 0 Å². The molecular formula is C21H24FN5O. The maximum absolute atomic E-state index is 13.3. The van der Waals surface area contributed by atoms with Crippen molar-refractivity contribution >= 4 is 28.5 Å². The highest BCUT2D eigenvalue weighted by Gasteiger charge is 2.06. The van der Waals surface area contributed by atoms with E-state index in [2.05, 4.69) is 25.9 Å². The third-order valence-corrected chi connectivity index (χ3v) is 4.20. The van der Waals surface area contributed by atoms with E-state index in [0.29, 0.717) is 19.0 Å². The number of carbonyl (C=O) groups is 1. The number of aromatic nitrogens is 1. The average molecular weight is 381 g/mol. The summed E-state index contributed by atoms with van der Waals surface area (Å²) < 4.78 is 13.3. The smallest absolute Gasteiger partial charge is 0.246 e. The van der Waals surface area contributed by atoms with Gasteiger partial charge >= 0.3 is 0 Å². The Labute approximate surface area is 163 Å². The highest BCUT2D eigenvalue weighted by atomic mass is 19.1. The Morgan fingerprint density at radius 3 is 2.75 bits per heavy atom. The van der Waals surface area contributed by atoms with Crippen LogP contribution >= 0.6 is 0 Å². The van der Waals surface area contributed by atoms with Gasteiger partial charge in [0.1, 0.15) is 12.4 Å². The number of hydrogen-bond acceptors (Lipinski definition) is 2. The van der Waals surface area contributed by atoms with Gasteiger partial charge < -0.3 is 20.9 Å². The summed E-state index contributed by atoms with van der Waals surface area (Å²) in [6.45, 7) is 3.32. The second kappa shape index (κ2) is 9.55. The number of H-pyrrole nitrogens is 1. The molecular weight excluding hydrogens is 357 g/mol. The first-order valence-corrected chi connectivity index (χ1v) is 9.28. The molecule has 3 aromatic rings. The third-order valence-electron chi connectivity index (χ3n) is 4.20. The van der Waals surface area contributed by atoms with E-state index in [4.69, 9.17) is 0 Å². The van der Waals surface area contributed by atoms with Crippen molar-refractivity contribution in [1.82, 2.24) is 15.6 Å². The quantitative estimate of drug-likeness (QED) is 0.375. The molecule has 0 aliphatic carbocycles. The van der Waals surface area contributed by atoms with Gasteiger partial charge in [0.05, 0.1) is 0 Å². The van der Waals surface area contributed by atoms with Gasteiger partial charge in [-0.1, -0.05) is 18.2 Å². The van der Waals surface area contributed by atoms with Crippen molar-refractivity contribution in [3.63, 3.8) is 0 Å². The number of hydrogen-bond donors (Lipinski definition) is 4. The summed E-state index contributed by atoms with van der Waals surface area (Å²) in [7, 11) is 0. The molecule has 28 heavy (non-hydrogen) atoms. The number of para-hydroxylation sites is 1. The van der Waals surface area contributed by atoms with E-state index in [1.54, 1.807) is 6.07 Å². The summed E-state index contributed by atoms with van der Waals surface area (Å²) in [6.07, 6.45) is 2.63. The van der Waals surface area contributed by atoms with Crippen LogP contribution in [0.15, 0.2) is 59.7 Å². The number of aliphatic imine (C=N–C) groups is 1. The van der Waals surface area contributed by atoms with Gasteiger partial charge in [0.2, 0.25) is 5.91 Å². The molecule has 3 rings (SSSR count). The van der Waals surface area contributed by atoms with Crippen LogP contribution < -0.4 is 16.0 Å². The Bertz CT molecular complexity index is 952. The highest BCUT2D eigenvalue weighted by Crippen LogP contribution is 2.19. The topological polar surface area (TPSA) is 81.3 Å². The molecule has 0 unspecified atom stereocenters. The van der Waals surface area contributed by atoms with Crippen LogP contribution in [-0.2, 0) is 11.2 Å². The Morgan fingerprint density at radius 2 is 1.96 bits per heavy atom. The molecule has 4 N–H and O–H groups in total. The number of amides is 1. The summed E-state index contributed by atoms with van der Waals surface area (Å²) >= 11 is 0. The molecule has 6 nitrogen and oxygen atoms in total. The van der Waals surface area contributed by atoms with Crippen molar-refractivity contribution in [1.29, 1.82) is 0 Å². The SMILES string of the molecule is CCNC(=NCC(=O)Nc1ccccc1)NCCc1c[nH]c2cc(F)ccc12. The largest absolute Gasteiger partial charge is 0.361 e. The van der Waals surface area contributed by atoms with E-state index in [-0.39, 0.29) is 18.3 Å². The number of nitrogens with zero attached hydrogens (tertiary/aromatic N) is 1. The van der Waals surface area contributed by atoms with Crippen LogP contribution in [0.5, 0.6) is 0 Å². The van der Waals surface area contributed by atoms with Crippen LogP contribution in [0.4, 0.5) is 10.1 Å². The predicted molar refractivity (Wildman–Crippen MR) is 111 cm³/mol. The van der Waals surface area contributed by atoms with E-state index in [1.165, 1.54) is 12.1 Å². The minimum atomic E-state index is -0.255. The third kappa shape index (κ3) is 5.33. The van der Waals surface area contributed by atoms with Gasteiger partial charge in [-0.15, -0.1) is 0 Å². The van der Waals surface area contributed by atoms with E-state index >= 15 is 0 Å². The summed E-state index contributed by atoms with van der Waals surface area (Å²) in [6, 6.07) is 14.0. The molecule has 0 fully saturated rings. The molecule has 0 saturated heterocycles. The number of rotatable bonds is 7. The molecule has 0 bridgehead atoms. The number of guanidine groups is 1. The number of fused-ring (bicyclic) bond motifs is 1. The Balaban J connectivity index is 1.53. The van der Waals surface area contributed by atoms with Crippen molar-refractivity contribution in [2.45, 2.75) is 13.3 Å². The molecule has 1 aromatic heterocycles. The van der Waals surface area contributed by atoms with Crippen molar-refractivity contribution in [3.8, 4) is 0 Å². The number of anilines is 1. The van der Waals surface area contributed by atoms with Gasteiger partial charge in [0, 0.05) is 35.9 Å². The van der Waals surface area contributed by atoms with Gasteiger partial charge in [-0.25, -0.2) is 9.38 Å². The molecule has 0 saturated carbocycles. The predicted octanol–water partition coefficient (Wildman–Crippen LogP) is 3.04. The molecule has 1 heterocycles. The lowest BCUT2D eigenvalue weighted by Crippen LogP contribution is -2.39. The van der Waals surface area contributed by atoms with Crippen LogP contribution in [0.2, 0.25) is 0 Å². The molecule has 2 aromatic carbocycles. The van der Waals surface area contributed by atoms with Crippen molar-refractivity contribution in [3.05, 3.63) is 66.1 Å². The van der Waals surface area contributed by atoms with E-state index < -0.39 is 0 Å². The van der Waals surface area contributed by atoms with Gasteiger partial charge in [-0.2, -0.15) is 0 Å². The molecule has 146 valence electrons. The van der Waals surface area contributed by atoms with Gasteiger partial charge in [0.15, 0.2) is 5.96 Å². The lowest BCUT2D eigenvalue weighted by Gasteiger charge is -2.11. The molecule has 0 spiro atoms. The molecule has 0 radical (unpaired) electrons. The molecule has 0 atom stereocenters. The standard InChI is InChI=1S/C21H24FN5O/c1-2-23-21(26-14-20(28)27-17-6-4-3-5-7-17)24-11-10-15-13-25-19-12-16(22)8-9-18(15)19/h3-9,12-13,25H,2,10-11,14H2,1H3,(H,27,28)(H2,23,24,26). The van der Waals surface area contributed by atoms with Crippen LogP contribution in [-0.4, -0.2) is 36.5 Å². The number of nitrogens with one attached hydrogen (secondary N) is 4. The van der Waals surface area contributed by atoms with Crippen molar-refractivity contribution in [2.75, 3.05) is 25.0 Å². The fraction of sp³-hybridized carbons (Fsp3) is 0.238. The fourth-order valence-electron chi connectivity index (χ4n) is 2.90. The zero-order valence-corrected chi connectivity index (χ0v) is 15.8. The summed E-state index contributed by atoms with van der Waals surface area (Å²) in [5, 5.41) is 10.2. The first kappa shape index (κ1) is 19.4. The minimum absolute atomic E-state index is 0.0244. The number of carbonyl (C=O) groups excluding carboxylic acids is 1. The van der Waals surface area contributed by atoms with E-state index in [1.807, 2.05) is 43.5 Å². The highest BCUT2D eigenvalue weighted by molar-refractivity contribution is 5.94. The minimum Gasteiger partial charge on any atom is -0.361 e. The molecule has 7 heteroatoms. The first-order chi connectivity index (χ1) is 13.7. The number of halogens is 1. The monoisotopic (exact) mass is 381 g/mol. The second-order valence-corrected chi connectivity index (χ2v) is 6.29. The van der Waals surface area contributed by atoms with Gasteiger partial charge in [-0.3, -0.25) is 4.79 Å². The summed E-state index contributed by atoms with van der Waals surface area (Å²) in [5.41, 5.74) is 2.63.